The molecule has 9 nitrogen and oxygen atoms in total. The Bertz CT molecular complexity index is 604. The number of carbonyl (C=O) groups is 1. The van der Waals surface area contributed by atoms with E-state index in [2.05, 4.69) is 4.72 Å². The van der Waals surface area contributed by atoms with Gasteiger partial charge < -0.3 is 20.1 Å². The smallest absolute Gasteiger partial charge is 0.409 e. The van der Waals surface area contributed by atoms with Gasteiger partial charge in [-0.15, -0.1) is 0 Å². The largest absolute Gasteiger partial charge is 0.465 e. The summed E-state index contributed by atoms with van der Waals surface area (Å²) in [5.74, 6) is -0.274. The molecule has 3 atom stereocenters. The fourth-order valence-corrected chi connectivity index (χ4v) is 5.46. The number of carboxylic acid groups (broad SMARTS) is 1. The number of nitrogens with one attached hydrogen (secondary N) is 1. The van der Waals surface area contributed by atoms with Crippen LogP contribution in [-0.2, 0) is 14.8 Å². The number of nitrogens with zero attached hydrogens (tertiary/aromatic N) is 1. The fourth-order valence-electron chi connectivity index (χ4n) is 4.31. The summed E-state index contributed by atoms with van der Waals surface area (Å²) in [6.07, 6.45) is 2.48. The van der Waals surface area contributed by atoms with Gasteiger partial charge in [-0.3, -0.25) is 4.90 Å². The lowest BCUT2D eigenvalue weighted by Gasteiger charge is -2.34. The Morgan fingerprint density at radius 3 is 2.48 bits per heavy atom. The molecule has 2 aliphatic rings. The maximum atomic E-state index is 12.1. The average molecular weight is 409 g/mol. The second-order valence-electron chi connectivity index (χ2n) is 7.96. The maximum absolute atomic E-state index is 12.1. The summed E-state index contributed by atoms with van der Waals surface area (Å²) in [7, 11) is -3.82. The van der Waals surface area contributed by atoms with Crippen LogP contribution in [0.25, 0.3) is 0 Å². The minimum atomic E-state index is -3.82. The maximum Gasteiger partial charge on any atom is 0.409 e. The molecule has 1 amide bonds. The zero-order valence-corrected chi connectivity index (χ0v) is 16.8. The summed E-state index contributed by atoms with van der Waals surface area (Å²) in [6, 6.07) is -0.608. The first kappa shape index (κ1) is 22.4. The molecule has 1 unspecified atom stereocenters. The Morgan fingerprint density at radius 1 is 1.30 bits per heavy atom. The Morgan fingerprint density at radius 2 is 1.93 bits per heavy atom. The van der Waals surface area contributed by atoms with Gasteiger partial charge in [0.25, 0.3) is 0 Å². The molecule has 2 rings (SSSR count). The highest BCUT2D eigenvalue weighted by Crippen LogP contribution is 2.39. The molecule has 1 aliphatic carbocycles. The first-order valence-corrected chi connectivity index (χ1v) is 11.2. The first-order valence-electron chi connectivity index (χ1n) is 9.53. The third-order valence-corrected chi connectivity index (χ3v) is 6.85. The van der Waals surface area contributed by atoms with Crippen LogP contribution >= 0.6 is 0 Å². The van der Waals surface area contributed by atoms with E-state index >= 15 is 0 Å². The molecule has 1 aliphatic heterocycles. The molecule has 1 saturated heterocycles. The van der Waals surface area contributed by atoms with Crippen molar-refractivity contribution in [3.05, 3.63) is 0 Å². The Kier molecular flexibility index (Phi) is 7.48. The topological polar surface area (TPSA) is 136 Å². The van der Waals surface area contributed by atoms with E-state index in [1.54, 1.807) is 13.8 Å². The molecule has 0 aromatic heterocycles. The summed E-state index contributed by atoms with van der Waals surface area (Å²) >= 11 is 0. The van der Waals surface area contributed by atoms with E-state index in [1.807, 2.05) is 0 Å². The van der Waals surface area contributed by atoms with Gasteiger partial charge in [0.15, 0.2) is 0 Å². The molecular formula is C17H32N2O7S. The number of aliphatic hydroxyl groups excluding tert-OH is 2. The van der Waals surface area contributed by atoms with Crippen LogP contribution in [0.15, 0.2) is 0 Å². The molecule has 0 bridgehead atoms. The SMILES string of the molecule is CC1(C)O[C@@H](C(O)CS(=O)(=O)NCCO)[C@H](CC2CCCCC2)N1C(=O)O. The molecule has 1 saturated carbocycles. The van der Waals surface area contributed by atoms with Crippen LogP contribution in [-0.4, -0.2) is 77.6 Å². The molecule has 0 aromatic rings. The van der Waals surface area contributed by atoms with Crippen molar-refractivity contribution in [3.63, 3.8) is 0 Å². The monoisotopic (exact) mass is 408 g/mol. The van der Waals surface area contributed by atoms with E-state index in [4.69, 9.17) is 9.84 Å². The summed E-state index contributed by atoms with van der Waals surface area (Å²) in [5, 5.41) is 29.1. The lowest BCUT2D eigenvalue weighted by atomic mass is 9.83. The van der Waals surface area contributed by atoms with Crippen molar-refractivity contribution in [1.29, 1.82) is 0 Å². The van der Waals surface area contributed by atoms with Crippen molar-refractivity contribution in [2.45, 2.75) is 76.3 Å². The van der Waals surface area contributed by atoms with Crippen molar-refractivity contribution in [3.8, 4) is 0 Å². The van der Waals surface area contributed by atoms with Gasteiger partial charge in [0, 0.05) is 6.54 Å². The van der Waals surface area contributed by atoms with E-state index in [9.17, 15) is 23.4 Å². The van der Waals surface area contributed by atoms with Crippen molar-refractivity contribution in [2.75, 3.05) is 18.9 Å². The third kappa shape index (κ3) is 5.77. The predicted molar refractivity (Wildman–Crippen MR) is 98.7 cm³/mol. The van der Waals surface area contributed by atoms with Gasteiger partial charge in [-0.1, -0.05) is 32.1 Å². The Labute approximate surface area is 160 Å². The highest BCUT2D eigenvalue weighted by molar-refractivity contribution is 7.89. The molecule has 4 N–H and O–H groups in total. The van der Waals surface area contributed by atoms with Crippen molar-refractivity contribution in [2.24, 2.45) is 5.92 Å². The van der Waals surface area contributed by atoms with Crippen LogP contribution in [0.3, 0.4) is 0 Å². The van der Waals surface area contributed by atoms with Gasteiger partial charge in [0.2, 0.25) is 10.0 Å². The highest BCUT2D eigenvalue weighted by Gasteiger charge is 2.53. The molecule has 1 heterocycles. The number of hydrogen-bond donors (Lipinski definition) is 4. The van der Waals surface area contributed by atoms with Crippen LogP contribution < -0.4 is 4.72 Å². The molecule has 158 valence electrons. The van der Waals surface area contributed by atoms with Gasteiger partial charge >= 0.3 is 6.09 Å². The van der Waals surface area contributed by atoms with Crippen LogP contribution in [0.2, 0.25) is 0 Å². The van der Waals surface area contributed by atoms with Crippen molar-refractivity contribution >= 4 is 16.1 Å². The van der Waals surface area contributed by atoms with Crippen LogP contribution in [0.5, 0.6) is 0 Å². The summed E-state index contributed by atoms with van der Waals surface area (Å²) < 4.78 is 32.2. The molecule has 10 heteroatoms. The average Bonchev–Trinajstić information content (AvgIpc) is 2.84. The lowest BCUT2D eigenvalue weighted by molar-refractivity contribution is -0.0933. The molecule has 0 aromatic carbocycles. The Balaban J connectivity index is 2.18. The van der Waals surface area contributed by atoms with Crippen LogP contribution in [0.1, 0.15) is 52.4 Å². The highest BCUT2D eigenvalue weighted by atomic mass is 32.2. The van der Waals surface area contributed by atoms with Crippen molar-refractivity contribution in [1.82, 2.24) is 9.62 Å². The van der Waals surface area contributed by atoms with E-state index < -0.39 is 45.8 Å². The van der Waals surface area contributed by atoms with Crippen LogP contribution in [0, 0.1) is 5.92 Å². The second kappa shape index (κ2) is 9.04. The first-order chi connectivity index (χ1) is 12.6. The quantitative estimate of drug-likeness (QED) is 0.464. The summed E-state index contributed by atoms with van der Waals surface area (Å²) in [5.41, 5.74) is -1.15. The number of aliphatic hydroxyl groups is 2. The lowest BCUT2D eigenvalue weighted by Crippen LogP contribution is -2.50. The number of sulfonamides is 1. The number of ether oxygens (including phenoxy) is 1. The molecule has 0 spiro atoms. The summed E-state index contributed by atoms with van der Waals surface area (Å²) in [6.45, 7) is 2.73. The zero-order chi connectivity index (χ0) is 20.2. The summed E-state index contributed by atoms with van der Waals surface area (Å²) in [4.78, 5) is 13.1. The molecule has 27 heavy (non-hydrogen) atoms. The number of amides is 1. The predicted octanol–water partition coefficient (Wildman–Crippen LogP) is 0.713. The van der Waals surface area contributed by atoms with Gasteiger partial charge in [-0.05, 0) is 26.2 Å². The normalized spacial score (nSPS) is 27.6. The Hall–Kier alpha value is -0.940. The minimum absolute atomic E-state index is 0.140. The van der Waals surface area contributed by atoms with E-state index in [1.165, 1.54) is 11.3 Å². The van der Waals surface area contributed by atoms with Gasteiger partial charge in [0.05, 0.1) is 24.5 Å². The van der Waals surface area contributed by atoms with Gasteiger partial charge in [0.1, 0.15) is 11.8 Å². The molecule has 0 radical (unpaired) electrons. The molecular weight excluding hydrogens is 376 g/mol. The third-order valence-electron chi connectivity index (χ3n) is 5.42. The fraction of sp³-hybridized carbons (Fsp3) is 0.941. The minimum Gasteiger partial charge on any atom is -0.465 e. The second-order valence-corrected chi connectivity index (χ2v) is 9.81. The van der Waals surface area contributed by atoms with Gasteiger partial charge in [-0.2, -0.15) is 0 Å². The number of rotatable bonds is 8. The van der Waals surface area contributed by atoms with Crippen LogP contribution in [0.4, 0.5) is 4.79 Å². The number of hydrogen-bond acceptors (Lipinski definition) is 6. The van der Waals surface area contributed by atoms with Crippen molar-refractivity contribution < 1.29 is 33.3 Å². The van der Waals surface area contributed by atoms with E-state index in [-0.39, 0.29) is 13.2 Å². The zero-order valence-electron chi connectivity index (χ0n) is 16.0. The van der Waals surface area contributed by atoms with E-state index in [0.717, 1.165) is 25.7 Å². The van der Waals surface area contributed by atoms with E-state index in [0.29, 0.717) is 12.3 Å². The standard InChI is InChI=1S/C17H32N2O7S/c1-17(2)19(16(22)23)13(10-12-6-4-3-5-7-12)15(26-17)14(21)11-27(24,25)18-8-9-20/h12-15,18,20-21H,3-11H2,1-2H3,(H,22,23)/t13-,14?,15+/m0/s1. The van der Waals surface area contributed by atoms with Gasteiger partial charge in [-0.25, -0.2) is 17.9 Å². The molecule has 2 fully saturated rings.